The zero-order valence-electron chi connectivity index (χ0n) is 16.3. The van der Waals surface area contributed by atoms with Crippen LogP contribution in [0.1, 0.15) is 41.6 Å². The van der Waals surface area contributed by atoms with E-state index in [1.165, 1.54) is 16.7 Å². The Balaban J connectivity index is 1.60. The largest absolute Gasteiger partial charge is 0.419 e. The fourth-order valence-corrected chi connectivity index (χ4v) is 3.45. The predicted octanol–water partition coefficient (Wildman–Crippen LogP) is 6.14. The number of halogens is 1. The van der Waals surface area contributed by atoms with E-state index in [9.17, 15) is 0 Å². The first-order valence-electron chi connectivity index (χ1n) is 9.57. The number of hydrogen-bond donors (Lipinski definition) is 1. The smallest absolute Gasteiger partial charge is 0.247 e. The molecule has 0 spiro atoms. The highest BCUT2D eigenvalue weighted by molar-refractivity contribution is 6.30. The van der Waals surface area contributed by atoms with Crippen LogP contribution in [-0.4, -0.2) is 10.2 Å². The molecule has 1 aromatic heterocycles. The molecule has 4 aromatic rings. The van der Waals surface area contributed by atoms with Crippen molar-refractivity contribution in [3.63, 3.8) is 0 Å². The third-order valence-corrected chi connectivity index (χ3v) is 5.08. The number of benzene rings is 3. The molecule has 2 atom stereocenters. The maximum absolute atomic E-state index is 6.08. The summed E-state index contributed by atoms with van der Waals surface area (Å²) in [5.41, 5.74) is 4.40. The Morgan fingerprint density at radius 2 is 1.59 bits per heavy atom. The Hall–Kier alpha value is -2.95. The van der Waals surface area contributed by atoms with Crippen molar-refractivity contribution in [2.45, 2.75) is 25.9 Å². The van der Waals surface area contributed by atoms with Crippen LogP contribution in [0.4, 0.5) is 0 Å². The topological polar surface area (TPSA) is 51.0 Å². The van der Waals surface area contributed by atoms with Crippen LogP contribution in [0.15, 0.2) is 83.3 Å². The third kappa shape index (κ3) is 4.56. The average Bonchev–Trinajstić information content (AvgIpc) is 3.24. The molecule has 0 aliphatic carbocycles. The first-order chi connectivity index (χ1) is 14.1. The quantitative estimate of drug-likeness (QED) is 0.420. The molecule has 0 bridgehead atoms. The summed E-state index contributed by atoms with van der Waals surface area (Å²) in [5.74, 6) is 0.996. The lowest BCUT2D eigenvalue weighted by molar-refractivity contribution is 0.403. The summed E-state index contributed by atoms with van der Waals surface area (Å²) in [7, 11) is 0. The summed E-state index contributed by atoms with van der Waals surface area (Å²) >= 11 is 6.08. The molecule has 0 aliphatic rings. The minimum absolute atomic E-state index is 0.00770. The van der Waals surface area contributed by atoms with E-state index in [4.69, 9.17) is 16.0 Å². The summed E-state index contributed by atoms with van der Waals surface area (Å²) in [5, 5.41) is 12.7. The van der Waals surface area contributed by atoms with Gasteiger partial charge in [-0.05, 0) is 43.2 Å². The molecule has 0 unspecified atom stereocenters. The molecule has 3 aromatic carbocycles. The van der Waals surface area contributed by atoms with Crippen LogP contribution in [0.2, 0.25) is 5.02 Å². The number of rotatable bonds is 6. The summed E-state index contributed by atoms with van der Waals surface area (Å²) in [6, 6.07) is 26.2. The normalized spacial score (nSPS) is 13.2. The predicted molar refractivity (Wildman–Crippen MR) is 116 cm³/mol. The van der Waals surface area contributed by atoms with Gasteiger partial charge in [-0.25, -0.2) is 0 Å². The summed E-state index contributed by atoms with van der Waals surface area (Å²) in [4.78, 5) is 0. The molecule has 1 heterocycles. The minimum Gasteiger partial charge on any atom is -0.419 e. The average molecular weight is 404 g/mol. The van der Waals surface area contributed by atoms with Gasteiger partial charge in [0.15, 0.2) is 0 Å². The van der Waals surface area contributed by atoms with Crippen molar-refractivity contribution < 1.29 is 4.42 Å². The molecule has 0 amide bonds. The van der Waals surface area contributed by atoms with Gasteiger partial charge in [0.05, 0.1) is 12.1 Å². The molecule has 0 radical (unpaired) electrons. The number of nitrogens with one attached hydrogen (secondary N) is 1. The maximum atomic E-state index is 6.08. The Morgan fingerprint density at radius 3 is 2.31 bits per heavy atom. The second-order valence-corrected chi connectivity index (χ2v) is 7.53. The molecule has 1 N–H and O–H groups in total. The number of aryl methyl sites for hydroxylation is 1. The van der Waals surface area contributed by atoms with Gasteiger partial charge in [0.2, 0.25) is 11.8 Å². The zero-order valence-corrected chi connectivity index (χ0v) is 17.1. The molecule has 0 fully saturated rings. The van der Waals surface area contributed by atoms with E-state index < -0.39 is 0 Å². The van der Waals surface area contributed by atoms with Gasteiger partial charge in [-0.2, -0.15) is 0 Å². The van der Waals surface area contributed by atoms with Crippen molar-refractivity contribution in [2.24, 2.45) is 0 Å². The Labute approximate surface area is 175 Å². The van der Waals surface area contributed by atoms with E-state index in [1.807, 2.05) is 49.4 Å². The van der Waals surface area contributed by atoms with Crippen molar-refractivity contribution >= 4 is 11.6 Å². The van der Waals surface area contributed by atoms with Gasteiger partial charge in [-0.15, -0.1) is 10.2 Å². The van der Waals surface area contributed by atoms with Gasteiger partial charge in [-0.1, -0.05) is 77.8 Å². The Morgan fingerprint density at radius 1 is 0.862 bits per heavy atom. The van der Waals surface area contributed by atoms with Crippen molar-refractivity contribution in [2.75, 3.05) is 0 Å². The molecule has 0 aliphatic heterocycles. The van der Waals surface area contributed by atoms with Crippen molar-refractivity contribution in [1.82, 2.24) is 15.5 Å². The van der Waals surface area contributed by atoms with Crippen molar-refractivity contribution in [3.05, 3.63) is 106 Å². The molecular weight excluding hydrogens is 382 g/mol. The molecule has 0 saturated heterocycles. The van der Waals surface area contributed by atoms with Crippen LogP contribution in [-0.2, 0) is 0 Å². The highest BCUT2D eigenvalue weighted by Crippen LogP contribution is 2.28. The van der Waals surface area contributed by atoms with Gasteiger partial charge in [0, 0.05) is 10.6 Å². The van der Waals surface area contributed by atoms with E-state index in [2.05, 4.69) is 58.8 Å². The Bertz CT molecular complexity index is 1080. The minimum atomic E-state index is -0.137. The van der Waals surface area contributed by atoms with Gasteiger partial charge in [-0.3, -0.25) is 5.32 Å². The second-order valence-electron chi connectivity index (χ2n) is 7.10. The lowest BCUT2D eigenvalue weighted by Crippen LogP contribution is -2.26. The Kier molecular flexibility index (Phi) is 5.74. The van der Waals surface area contributed by atoms with E-state index >= 15 is 0 Å². The fourth-order valence-electron chi connectivity index (χ4n) is 3.26. The molecule has 5 heteroatoms. The van der Waals surface area contributed by atoms with E-state index in [0.717, 1.165) is 5.56 Å². The molecule has 29 heavy (non-hydrogen) atoms. The highest BCUT2D eigenvalue weighted by Gasteiger charge is 2.21. The van der Waals surface area contributed by atoms with E-state index in [0.29, 0.717) is 16.8 Å². The van der Waals surface area contributed by atoms with Gasteiger partial charge >= 0.3 is 0 Å². The summed E-state index contributed by atoms with van der Waals surface area (Å²) in [6.07, 6.45) is 0. The lowest BCUT2D eigenvalue weighted by atomic mass is 9.97. The van der Waals surface area contributed by atoms with E-state index in [1.54, 1.807) is 0 Å². The van der Waals surface area contributed by atoms with E-state index in [-0.39, 0.29) is 12.1 Å². The molecular formula is C24H22ClN3O. The van der Waals surface area contributed by atoms with Crippen LogP contribution >= 0.6 is 11.6 Å². The lowest BCUT2D eigenvalue weighted by Gasteiger charge is -2.23. The summed E-state index contributed by atoms with van der Waals surface area (Å²) in [6.45, 7) is 4.12. The third-order valence-electron chi connectivity index (χ3n) is 4.84. The SMILES string of the molecule is Cc1ccc([C@H](N[C@H](C)c2nnc(-c3cccc(Cl)c3)o2)c2ccccc2)cc1. The molecule has 4 nitrogen and oxygen atoms in total. The monoisotopic (exact) mass is 403 g/mol. The van der Waals surface area contributed by atoms with Crippen molar-refractivity contribution in [3.8, 4) is 11.5 Å². The second kappa shape index (κ2) is 8.60. The van der Waals surface area contributed by atoms with Gasteiger partial charge in [0.1, 0.15) is 0 Å². The summed E-state index contributed by atoms with van der Waals surface area (Å²) < 4.78 is 5.93. The first-order valence-corrected chi connectivity index (χ1v) is 9.95. The number of nitrogens with zero attached hydrogens (tertiary/aromatic N) is 2. The maximum Gasteiger partial charge on any atom is 0.247 e. The van der Waals surface area contributed by atoms with Crippen LogP contribution in [0, 0.1) is 6.92 Å². The van der Waals surface area contributed by atoms with Crippen LogP contribution in [0.25, 0.3) is 11.5 Å². The first kappa shape index (κ1) is 19.4. The number of aromatic nitrogens is 2. The molecule has 146 valence electrons. The van der Waals surface area contributed by atoms with Crippen LogP contribution in [0.3, 0.4) is 0 Å². The van der Waals surface area contributed by atoms with Crippen molar-refractivity contribution in [1.29, 1.82) is 0 Å². The fraction of sp³-hybridized carbons (Fsp3) is 0.167. The van der Waals surface area contributed by atoms with Crippen LogP contribution < -0.4 is 5.32 Å². The molecule has 4 rings (SSSR count). The molecule has 0 saturated carbocycles. The van der Waals surface area contributed by atoms with Gasteiger partial charge in [0.25, 0.3) is 0 Å². The highest BCUT2D eigenvalue weighted by atomic mass is 35.5. The number of hydrogen-bond acceptors (Lipinski definition) is 4. The van der Waals surface area contributed by atoms with Crippen LogP contribution in [0.5, 0.6) is 0 Å². The van der Waals surface area contributed by atoms with Gasteiger partial charge < -0.3 is 4.42 Å². The zero-order chi connectivity index (χ0) is 20.2. The standard InChI is InChI=1S/C24H22ClN3O/c1-16-11-13-19(14-12-16)22(18-7-4-3-5-8-18)26-17(2)23-27-28-24(29-23)20-9-6-10-21(25)15-20/h3-15,17,22,26H,1-2H3/t17-,22-/m1/s1.